The molecule has 0 unspecified atom stereocenters. The summed E-state index contributed by atoms with van der Waals surface area (Å²) in [6.45, 7) is 16.1. The molecule has 0 fully saturated rings. The summed E-state index contributed by atoms with van der Waals surface area (Å²) in [5, 5.41) is 4.63. The van der Waals surface area contributed by atoms with E-state index in [1.807, 2.05) is 85.7 Å². The van der Waals surface area contributed by atoms with Crippen molar-refractivity contribution in [2.24, 2.45) is 0 Å². The molecule has 0 radical (unpaired) electrons. The first kappa shape index (κ1) is 25.1. The van der Waals surface area contributed by atoms with Gasteiger partial charge in [-0.15, -0.1) is 0 Å². The van der Waals surface area contributed by atoms with E-state index in [0.29, 0.717) is 13.2 Å². The van der Waals surface area contributed by atoms with E-state index < -0.39 is 11.7 Å². The normalized spacial score (nSPS) is 10.4. The number of rotatable bonds is 4. The quantitative estimate of drug-likeness (QED) is 0.416. The Kier molecular flexibility index (Phi) is 10.0. The van der Waals surface area contributed by atoms with Gasteiger partial charge in [-0.2, -0.15) is 0 Å². The molecule has 0 aliphatic carbocycles. The zero-order valence-electron chi connectivity index (χ0n) is 19.5. The number of amides is 1. The van der Waals surface area contributed by atoms with Gasteiger partial charge in [-0.1, -0.05) is 39.8 Å². The Labute approximate surface area is 180 Å². The van der Waals surface area contributed by atoms with Crippen LogP contribution in [0.15, 0.2) is 36.5 Å². The predicted molar refractivity (Wildman–Crippen MR) is 124 cm³/mol. The number of pyridine rings is 2. The van der Waals surface area contributed by atoms with Gasteiger partial charge in [0.25, 0.3) is 0 Å². The van der Waals surface area contributed by atoms with Gasteiger partial charge in [-0.25, -0.2) is 4.79 Å². The summed E-state index contributed by atoms with van der Waals surface area (Å²) in [6, 6.07) is 9.81. The highest BCUT2D eigenvalue weighted by atomic mass is 16.6. The van der Waals surface area contributed by atoms with Crippen molar-refractivity contribution in [1.82, 2.24) is 15.3 Å². The number of aryl methyl sites for hydroxylation is 1. The van der Waals surface area contributed by atoms with E-state index in [1.54, 1.807) is 6.20 Å². The van der Waals surface area contributed by atoms with Crippen LogP contribution in [0.3, 0.4) is 0 Å². The molecule has 0 aliphatic heterocycles. The van der Waals surface area contributed by atoms with Crippen molar-refractivity contribution in [1.29, 1.82) is 0 Å². The lowest BCUT2D eigenvalue weighted by Crippen LogP contribution is -2.34. The second kappa shape index (κ2) is 12.0. The average molecular weight is 414 g/mol. The van der Waals surface area contributed by atoms with E-state index in [1.165, 1.54) is 0 Å². The maximum absolute atomic E-state index is 11.7. The summed E-state index contributed by atoms with van der Waals surface area (Å²) in [6.07, 6.45) is 1.31. The second-order valence-corrected chi connectivity index (χ2v) is 7.08. The van der Waals surface area contributed by atoms with Gasteiger partial charge in [0.2, 0.25) is 0 Å². The fourth-order valence-electron chi connectivity index (χ4n) is 2.67. The maximum Gasteiger partial charge on any atom is 0.407 e. The van der Waals surface area contributed by atoms with Crippen LogP contribution in [-0.4, -0.2) is 34.8 Å². The highest BCUT2D eigenvalue weighted by molar-refractivity contribution is 6.04. The highest BCUT2D eigenvalue weighted by Gasteiger charge is 2.15. The monoisotopic (exact) mass is 413 g/mol. The molecule has 164 valence electrons. The minimum atomic E-state index is -0.516. The number of aromatic nitrogens is 2. The van der Waals surface area contributed by atoms with Crippen molar-refractivity contribution in [2.45, 2.75) is 61.0 Å². The molecular weight excluding hydrogens is 378 g/mol. The average Bonchev–Trinajstić information content (AvgIpc) is 2.72. The van der Waals surface area contributed by atoms with Crippen LogP contribution < -0.4 is 10.1 Å². The van der Waals surface area contributed by atoms with E-state index in [-0.39, 0.29) is 0 Å². The molecule has 3 rings (SSSR count). The molecular formula is C24H35N3O3. The largest absolute Gasteiger partial charge is 0.491 e. The Bertz CT molecular complexity index is 949. The molecule has 3 aromatic rings. The Morgan fingerprint density at radius 3 is 2.43 bits per heavy atom. The minimum Gasteiger partial charge on any atom is -0.491 e. The summed E-state index contributed by atoms with van der Waals surface area (Å²) in [4.78, 5) is 20.8. The highest BCUT2D eigenvalue weighted by Crippen LogP contribution is 2.30. The fourth-order valence-corrected chi connectivity index (χ4v) is 2.67. The van der Waals surface area contributed by atoms with Crippen molar-refractivity contribution in [3.63, 3.8) is 0 Å². The predicted octanol–water partition coefficient (Wildman–Crippen LogP) is 6.05. The van der Waals surface area contributed by atoms with Crippen LogP contribution in [0.2, 0.25) is 0 Å². The number of hydrogen-bond donors (Lipinski definition) is 1. The van der Waals surface area contributed by atoms with Crippen molar-refractivity contribution in [3.05, 3.63) is 42.2 Å². The summed E-state index contributed by atoms with van der Waals surface area (Å²) >= 11 is 0. The molecule has 0 bridgehead atoms. The molecule has 2 heterocycles. The lowest BCUT2D eigenvalue weighted by molar-refractivity contribution is 0.0520. The summed E-state index contributed by atoms with van der Waals surface area (Å²) in [7, 11) is 0. The van der Waals surface area contributed by atoms with Gasteiger partial charge in [-0.3, -0.25) is 9.97 Å². The third kappa shape index (κ3) is 7.17. The summed E-state index contributed by atoms with van der Waals surface area (Å²) in [5.41, 5.74) is 2.01. The molecule has 6 heteroatoms. The topological polar surface area (TPSA) is 73.3 Å². The zero-order chi connectivity index (χ0) is 22.7. The lowest BCUT2D eigenvalue weighted by Gasteiger charge is -2.19. The summed E-state index contributed by atoms with van der Waals surface area (Å²) < 4.78 is 11.1. The van der Waals surface area contributed by atoms with Gasteiger partial charge in [0, 0.05) is 28.7 Å². The second-order valence-electron chi connectivity index (χ2n) is 7.08. The van der Waals surface area contributed by atoms with Crippen LogP contribution in [0.4, 0.5) is 4.79 Å². The molecule has 0 saturated heterocycles. The molecule has 0 saturated carbocycles. The van der Waals surface area contributed by atoms with E-state index in [4.69, 9.17) is 9.47 Å². The van der Waals surface area contributed by atoms with Crippen LogP contribution in [0, 0.1) is 6.92 Å². The number of benzene rings is 1. The Morgan fingerprint density at radius 1 is 1.07 bits per heavy atom. The van der Waals surface area contributed by atoms with Gasteiger partial charge >= 0.3 is 6.09 Å². The Morgan fingerprint density at radius 2 is 1.77 bits per heavy atom. The van der Waals surface area contributed by atoms with E-state index in [9.17, 15) is 4.79 Å². The molecule has 1 amide bonds. The number of carbonyl (C=O) groups excluding carboxylic acids is 1. The van der Waals surface area contributed by atoms with Crippen LogP contribution in [0.25, 0.3) is 21.8 Å². The molecule has 0 atom stereocenters. The number of nitrogens with zero attached hydrogens (tertiary/aromatic N) is 2. The van der Waals surface area contributed by atoms with Crippen LogP contribution >= 0.6 is 0 Å². The number of hydrogen-bond acceptors (Lipinski definition) is 5. The molecule has 0 aliphatic rings. The minimum absolute atomic E-state index is 0.331. The zero-order valence-corrected chi connectivity index (χ0v) is 19.5. The molecule has 1 aromatic carbocycles. The van der Waals surface area contributed by atoms with Gasteiger partial charge in [0.05, 0.1) is 12.1 Å². The van der Waals surface area contributed by atoms with E-state index >= 15 is 0 Å². The first-order chi connectivity index (χ1) is 14.3. The Hall–Kier alpha value is -2.89. The third-order valence-electron chi connectivity index (χ3n) is 3.67. The molecule has 1 N–H and O–H groups in total. The number of carbonyl (C=O) groups is 1. The van der Waals surface area contributed by atoms with Gasteiger partial charge < -0.3 is 14.8 Å². The van der Waals surface area contributed by atoms with Crippen molar-refractivity contribution in [2.75, 3.05) is 13.2 Å². The van der Waals surface area contributed by atoms with Crippen LogP contribution in [0.1, 0.15) is 54.2 Å². The first-order valence-corrected chi connectivity index (χ1v) is 10.6. The Balaban J connectivity index is 0.00000106. The third-order valence-corrected chi connectivity index (χ3v) is 3.67. The number of nitrogens with one attached hydrogen (secondary N) is 1. The van der Waals surface area contributed by atoms with Crippen molar-refractivity contribution >= 4 is 27.9 Å². The van der Waals surface area contributed by atoms with E-state index in [2.05, 4.69) is 15.3 Å². The SMILES string of the molecule is CC.CC.Cc1cc(OCCNC(=O)OC(C)(C)C)c2ccc3cccnc3c2n1. The van der Waals surface area contributed by atoms with Gasteiger partial charge in [0.15, 0.2) is 0 Å². The smallest absolute Gasteiger partial charge is 0.407 e. The van der Waals surface area contributed by atoms with Crippen molar-refractivity contribution < 1.29 is 14.3 Å². The maximum atomic E-state index is 11.7. The first-order valence-electron chi connectivity index (χ1n) is 10.6. The number of fused-ring (bicyclic) bond motifs is 3. The van der Waals surface area contributed by atoms with Crippen molar-refractivity contribution in [3.8, 4) is 5.75 Å². The molecule has 30 heavy (non-hydrogen) atoms. The molecule has 0 spiro atoms. The van der Waals surface area contributed by atoms with E-state index in [0.717, 1.165) is 33.2 Å². The molecule has 2 aromatic heterocycles. The number of alkyl carbamates (subject to hydrolysis) is 1. The lowest BCUT2D eigenvalue weighted by atomic mass is 10.1. The number of ether oxygens (including phenoxy) is 2. The summed E-state index contributed by atoms with van der Waals surface area (Å²) in [5.74, 6) is 0.728. The van der Waals surface area contributed by atoms with Gasteiger partial charge in [0.1, 0.15) is 23.5 Å². The van der Waals surface area contributed by atoms with Crippen LogP contribution in [-0.2, 0) is 4.74 Å². The molecule has 6 nitrogen and oxygen atoms in total. The van der Waals surface area contributed by atoms with Crippen LogP contribution in [0.5, 0.6) is 5.75 Å². The standard InChI is InChI=1S/C20H23N3O3.2C2H6/c1-13-12-16(25-11-10-22-19(24)26-20(2,3)4)15-8-7-14-6-5-9-21-17(14)18(15)23-13;2*1-2/h5-9,12H,10-11H2,1-4H3,(H,22,24);2*1-2H3. The van der Waals surface area contributed by atoms with Gasteiger partial charge in [-0.05, 0) is 39.8 Å². The fraction of sp³-hybridized carbons (Fsp3) is 0.458.